The van der Waals surface area contributed by atoms with Crippen LogP contribution < -0.4 is 5.32 Å². The standard InChI is InChI=1S/C13H17N/c1-10-3-2-4-11(7-10)12-8-13(12)5-6-14-9-13/h2-4,7,12,14H,5-6,8-9H2,1H3. The van der Waals surface area contributed by atoms with E-state index in [2.05, 4.69) is 36.5 Å². The van der Waals surface area contributed by atoms with E-state index in [-0.39, 0.29) is 0 Å². The number of aryl methyl sites for hydroxylation is 1. The predicted octanol–water partition coefficient (Wildman–Crippen LogP) is 2.46. The van der Waals surface area contributed by atoms with Crippen molar-refractivity contribution in [1.82, 2.24) is 5.32 Å². The predicted molar refractivity (Wildman–Crippen MR) is 58.5 cm³/mol. The highest BCUT2D eigenvalue weighted by Gasteiger charge is 2.55. The molecule has 2 fully saturated rings. The average molecular weight is 187 g/mol. The van der Waals surface area contributed by atoms with Crippen LogP contribution in [0.2, 0.25) is 0 Å². The first-order valence-corrected chi connectivity index (χ1v) is 5.57. The van der Waals surface area contributed by atoms with Gasteiger partial charge in [0.2, 0.25) is 0 Å². The van der Waals surface area contributed by atoms with Crippen molar-refractivity contribution in [3.8, 4) is 0 Å². The summed E-state index contributed by atoms with van der Waals surface area (Å²) in [5.74, 6) is 0.845. The van der Waals surface area contributed by atoms with Gasteiger partial charge in [-0.15, -0.1) is 0 Å². The summed E-state index contributed by atoms with van der Waals surface area (Å²) in [6.45, 7) is 4.65. The lowest BCUT2D eigenvalue weighted by atomic mass is 9.97. The van der Waals surface area contributed by atoms with Crippen LogP contribution in [0.15, 0.2) is 24.3 Å². The van der Waals surface area contributed by atoms with Crippen LogP contribution >= 0.6 is 0 Å². The van der Waals surface area contributed by atoms with Gasteiger partial charge in [0.25, 0.3) is 0 Å². The third-order valence-corrected chi connectivity index (χ3v) is 3.91. The van der Waals surface area contributed by atoms with Crippen molar-refractivity contribution in [2.24, 2.45) is 5.41 Å². The molecule has 14 heavy (non-hydrogen) atoms. The summed E-state index contributed by atoms with van der Waals surface area (Å²) in [5.41, 5.74) is 3.61. The molecular formula is C13H17N. The fraction of sp³-hybridized carbons (Fsp3) is 0.538. The van der Waals surface area contributed by atoms with E-state index in [4.69, 9.17) is 0 Å². The molecule has 1 heterocycles. The zero-order valence-electron chi connectivity index (χ0n) is 8.72. The van der Waals surface area contributed by atoms with Gasteiger partial charge in [0.05, 0.1) is 0 Å². The van der Waals surface area contributed by atoms with Crippen LogP contribution in [0, 0.1) is 12.3 Å². The highest BCUT2D eigenvalue weighted by Crippen LogP contribution is 2.62. The second-order valence-corrected chi connectivity index (χ2v) is 4.96. The van der Waals surface area contributed by atoms with Crippen molar-refractivity contribution >= 4 is 0 Å². The van der Waals surface area contributed by atoms with Crippen LogP contribution in [0.3, 0.4) is 0 Å². The lowest BCUT2D eigenvalue weighted by Crippen LogP contribution is -2.10. The van der Waals surface area contributed by atoms with Gasteiger partial charge in [-0.3, -0.25) is 0 Å². The fourth-order valence-electron chi connectivity index (χ4n) is 2.94. The number of benzene rings is 1. The minimum Gasteiger partial charge on any atom is -0.316 e. The van der Waals surface area contributed by atoms with Crippen LogP contribution in [-0.2, 0) is 0 Å². The molecule has 2 unspecified atom stereocenters. The molecule has 3 rings (SSSR count). The van der Waals surface area contributed by atoms with Crippen LogP contribution in [0.4, 0.5) is 0 Å². The summed E-state index contributed by atoms with van der Waals surface area (Å²) >= 11 is 0. The van der Waals surface area contributed by atoms with Crippen LogP contribution in [-0.4, -0.2) is 13.1 Å². The number of rotatable bonds is 1. The van der Waals surface area contributed by atoms with E-state index in [0.717, 1.165) is 5.92 Å². The maximum absolute atomic E-state index is 3.49. The summed E-state index contributed by atoms with van der Waals surface area (Å²) in [6, 6.07) is 9.03. The Morgan fingerprint density at radius 1 is 1.43 bits per heavy atom. The molecular weight excluding hydrogens is 170 g/mol. The zero-order valence-corrected chi connectivity index (χ0v) is 8.72. The molecule has 0 amide bonds. The van der Waals surface area contributed by atoms with Gasteiger partial charge in [0, 0.05) is 6.54 Å². The fourth-order valence-corrected chi connectivity index (χ4v) is 2.94. The monoisotopic (exact) mass is 187 g/mol. The zero-order chi connectivity index (χ0) is 9.60. The minimum absolute atomic E-state index is 0.647. The first-order chi connectivity index (χ1) is 6.80. The van der Waals surface area contributed by atoms with Gasteiger partial charge >= 0.3 is 0 Å². The molecule has 1 aliphatic heterocycles. The first kappa shape index (κ1) is 8.49. The Balaban J connectivity index is 1.85. The molecule has 1 saturated carbocycles. The summed E-state index contributed by atoms with van der Waals surface area (Å²) in [4.78, 5) is 0. The summed E-state index contributed by atoms with van der Waals surface area (Å²) in [7, 11) is 0. The molecule has 2 aliphatic rings. The normalized spacial score (nSPS) is 35.1. The van der Waals surface area contributed by atoms with E-state index in [0.29, 0.717) is 5.41 Å². The lowest BCUT2D eigenvalue weighted by molar-refractivity contribution is 0.549. The molecule has 2 atom stereocenters. The number of hydrogen-bond donors (Lipinski definition) is 1. The van der Waals surface area contributed by atoms with Gasteiger partial charge in [-0.1, -0.05) is 29.8 Å². The Labute approximate surface area is 85.5 Å². The first-order valence-electron chi connectivity index (χ1n) is 5.57. The van der Waals surface area contributed by atoms with Gasteiger partial charge in [-0.25, -0.2) is 0 Å². The molecule has 0 aromatic heterocycles. The topological polar surface area (TPSA) is 12.0 Å². The van der Waals surface area contributed by atoms with Crippen LogP contribution in [0.5, 0.6) is 0 Å². The Bertz CT molecular complexity index is 350. The Morgan fingerprint density at radius 2 is 2.36 bits per heavy atom. The van der Waals surface area contributed by atoms with E-state index in [1.807, 2.05) is 0 Å². The molecule has 1 nitrogen and oxygen atoms in total. The molecule has 1 heteroatoms. The molecule has 0 radical (unpaired) electrons. The molecule has 1 aliphatic carbocycles. The third-order valence-electron chi connectivity index (χ3n) is 3.91. The molecule has 1 aromatic rings. The summed E-state index contributed by atoms with van der Waals surface area (Å²) < 4.78 is 0. The molecule has 74 valence electrons. The van der Waals surface area contributed by atoms with Crippen LogP contribution in [0.25, 0.3) is 0 Å². The highest BCUT2D eigenvalue weighted by atomic mass is 14.9. The molecule has 1 aromatic carbocycles. The summed E-state index contributed by atoms with van der Waals surface area (Å²) in [6.07, 6.45) is 2.79. The van der Waals surface area contributed by atoms with E-state index < -0.39 is 0 Å². The van der Waals surface area contributed by atoms with Crippen molar-refractivity contribution in [3.63, 3.8) is 0 Å². The molecule has 1 spiro atoms. The number of nitrogens with one attached hydrogen (secondary N) is 1. The van der Waals surface area contributed by atoms with Crippen molar-refractivity contribution in [2.45, 2.75) is 25.7 Å². The quantitative estimate of drug-likeness (QED) is 0.712. The maximum Gasteiger partial charge on any atom is 0.00144 e. The second-order valence-electron chi connectivity index (χ2n) is 4.96. The molecule has 1 N–H and O–H groups in total. The smallest absolute Gasteiger partial charge is 0.00144 e. The van der Waals surface area contributed by atoms with Gasteiger partial charge in [-0.2, -0.15) is 0 Å². The maximum atomic E-state index is 3.49. The van der Waals surface area contributed by atoms with Crippen molar-refractivity contribution < 1.29 is 0 Å². The largest absolute Gasteiger partial charge is 0.316 e. The minimum atomic E-state index is 0.647. The summed E-state index contributed by atoms with van der Waals surface area (Å²) in [5, 5.41) is 3.49. The highest BCUT2D eigenvalue weighted by molar-refractivity contribution is 5.33. The molecule has 1 saturated heterocycles. The Hall–Kier alpha value is -0.820. The van der Waals surface area contributed by atoms with E-state index in [1.54, 1.807) is 5.56 Å². The van der Waals surface area contributed by atoms with Gasteiger partial charge in [0.15, 0.2) is 0 Å². The van der Waals surface area contributed by atoms with Gasteiger partial charge in [0.1, 0.15) is 0 Å². The van der Waals surface area contributed by atoms with Crippen molar-refractivity contribution in [2.75, 3.05) is 13.1 Å². The van der Waals surface area contributed by atoms with E-state index in [9.17, 15) is 0 Å². The van der Waals surface area contributed by atoms with E-state index in [1.165, 1.54) is 31.5 Å². The Morgan fingerprint density at radius 3 is 3.07 bits per heavy atom. The van der Waals surface area contributed by atoms with Gasteiger partial charge in [-0.05, 0) is 43.2 Å². The van der Waals surface area contributed by atoms with Crippen molar-refractivity contribution in [3.05, 3.63) is 35.4 Å². The average Bonchev–Trinajstić information content (AvgIpc) is 2.65. The number of hydrogen-bond acceptors (Lipinski definition) is 1. The SMILES string of the molecule is Cc1cccc(C2CC23CCNC3)c1. The van der Waals surface area contributed by atoms with Crippen LogP contribution in [0.1, 0.15) is 29.9 Å². The second kappa shape index (κ2) is 2.83. The van der Waals surface area contributed by atoms with Crippen molar-refractivity contribution in [1.29, 1.82) is 0 Å². The molecule has 0 bridgehead atoms. The Kier molecular flexibility index (Phi) is 1.72. The van der Waals surface area contributed by atoms with Gasteiger partial charge < -0.3 is 5.32 Å². The van der Waals surface area contributed by atoms with E-state index >= 15 is 0 Å². The lowest BCUT2D eigenvalue weighted by Gasteiger charge is -2.07. The third kappa shape index (κ3) is 1.19.